The topological polar surface area (TPSA) is 12.0 Å². The van der Waals surface area contributed by atoms with Crippen molar-refractivity contribution in [3.8, 4) is 0 Å². The van der Waals surface area contributed by atoms with Crippen molar-refractivity contribution in [1.29, 1.82) is 0 Å². The van der Waals surface area contributed by atoms with Crippen LogP contribution in [-0.4, -0.2) is 6.54 Å². The van der Waals surface area contributed by atoms with E-state index < -0.39 is 11.6 Å². The number of nitrogens with one attached hydrogen (secondary N) is 1. The van der Waals surface area contributed by atoms with Crippen molar-refractivity contribution < 1.29 is 8.78 Å². The predicted octanol–water partition coefficient (Wildman–Crippen LogP) is 3.66. The van der Waals surface area contributed by atoms with Crippen LogP contribution in [0, 0.1) is 23.5 Å². The molecule has 0 aliphatic heterocycles. The average Bonchev–Trinajstić information content (AvgIpc) is 2.99. The van der Waals surface area contributed by atoms with Crippen LogP contribution in [-0.2, 0) is 0 Å². The maximum atomic E-state index is 13.8. The third-order valence-electron chi connectivity index (χ3n) is 3.51. The summed E-state index contributed by atoms with van der Waals surface area (Å²) >= 11 is 0. The molecule has 17 heavy (non-hydrogen) atoms. The average molecular weight is 239 g/mol. The molecule has 0 bridgehead atoms. The lowest BCUT2D eigenvalue weighted by atomic mass is 10.00. The Morgan fingerprint density at radius 1 is 1.41 bits per heavy atom. The highest BCUT2D eigenvalue weighted by Gasteiger charge is 2.40. The summed E-state index contributed by atoms with van der Waals surface area (Å²) < 4.78 is 26.7. The zero-order chi connectivity index (χ0) is 12.4. The second-order valence-corrected chi connectivity index (χ2v) is 4.97. The normalized spacial score (nSPS) is 24.7. The smallest absolute Gasteiger partial charge is 0.130 e. The minimum atomic E-state index is -0.510. The molecule has 1 aliphatic carbocycles. The van der Waals surface area contributed by atoms with Crippen LogP contribution in [0.5, 0.6) is 0 Å². The zero-order valence-electron chi connectivity index (χ0n) is 10.3. The fraction of sp³-hybridized carbons (Fsp3) is 0.571. The first-order valence-electron chi connectivity index (χ1n) is 6.31. The Kier molecular flexibility index (Phi) is 3.77. The van der Waals surface area contributed by atoms with Crippen molar-refractivity contribution in [3.05, 3.63) is 35.4 Å². The molecule has 0 saturated heterocycles. The van der Waals surface area contributed by atoms with Crippen molar-refractivity contribution in [2.45, 2.75) is 32.7 Å². The Labute approximate surface area is 101 Å². The molecular weight excluding hydrogens is 220 g/mol. The first-order chi connectivity index (χ1) is 8.13. The van der Waals surface area contributed by atoms with Gasteiger partial charge < -0.3 is 5.32 Å². The molecule has 0 amide bonds. The summed E-state index contributed by atoms with van der Waals surface area (Å²) in [7, 11) is 0. The van der Waals surface area contributed by atoms with E-state index in [4.69, 9.17) is 0 Å². The maximum Gasteiger partial charge on any atom is 0.130 e. The second kappa shape index (κ2) is 5.13. The first-order valence-corrected chi connectivity index (χ1v) is 6.31. The molecule has 0 heterocycles. The van der Waals surface area contributed by atoms with Crippen molar-refractivity contribution in [2.24, 2.45) is 11.8 Å². The Bertz CT molecular complexity index is 392. The number of hydrogen-bond acceptors (Lipinski definition) is 1. The minimum Gasteiger partial charge on any atom is -0.310 e. The summed E-state index contributed by atoms with van der Waals surface area (Å²) in [6.07, 6.45) is 2.14. The van der Waals surface area contributed by atoms with Gasteiger partial charge in [-0.05, 0) is 37.3 Å². The lowest BCUT2D eigenvalue weighted by Gasteiger charge is -2.19. The van der Waals surface area contributed by atoms with Crippen molar-refractivity contribution in [1.82, 2.24) is 5.32 Å². The number of rotatable bonds is 5. The molecule has 1 saturated carbocycles. The van der Waals surface area contributed by atoms with E-state index in [-0.39, 0.29) is 6.04 Å². The third-order valence-corrected chi connectivity index (χ3v) is 3.51. The number of benzene rings is 1. The van der Waals surface area contributed by atoms with Gasteiger partial charge in [-0.1, -0.05) is 19.9 Å². The molecule has 1 aromatic rings. The van der Waals surface area contributed by atoms with Crippen LogP contribution in [0.25, 0.3) is 0 Å². The molecule has 2 rings (SSSR count). The molecule has 0 spiro atoms. The van der Waals surface area contributed by atoms with Crippen LogP contribution >= 0.6 is 0 Å². The van der Waals surface area contributed by atoms with Crippen molar-refractivity contribution in [2.75, 3.05) is 6.54 Å². The number of halogens is 2. The van der Waals surface area contributed by atoms with Crippen LogP contribution in [0.3, 0.4) is 0 Å². The quantitative estimate of drug-likeness (QED) is 0.826. The van der Waals surface area contributed by atoms with Gasteiger partial charge in [-0.3, -0.25) is 0 Å². The molecule has 0 aromatic heterocycles. The Morgan fingerprint density at radius 3 is 2.65 bits per heavy atom. The van der Waals surface area contributed by atoms with Crippen LogP contribution in [0.4, 0.5) is 8.78 Å². The van der Waals surface area contributed by atoms with Gasteiger partial charge in [-0.2, -0.15) is 0 Å². The molecule has 0 radical (unpaired) electrons. The van der Waals surface area contributed by atoms with Crippen LogP contribution < -0.4 is 5.32 Å². The summed E-state index contributed by atoms with van der Waals surface area (Å²) in [4.78, 5) is 0. The van der Waals surface area contributed by atoms with Crippen LogP contribution in [0.2, 0.25) is 0 Å². The van der Waals surface area contributed by atoms with Gasteiger partial charge in [0.25, 0.3) is 0 Å². The van der Waals surface area contributed by atoms with Gasteiger partial charge >= 0.3 is 0 Å². The predicted molar refractivity (Wildman–Crippen MR) is 64.7 cm³/mol. The molecule has 3 atom stereocenters. The largest absolute Gasteiger partial charge is 0.310 e. The van der Waals surface area contributed by atoms with E-state index in [9.17, 15) is 8.78 Å². The van der Waals surface area contributed by atoms with Crippen LogP contribution in [0.15, 0.2) is 18.2 Å². The number of hydrogen-bond donors (Lipinski definition) is 1. The van der Waals surface area contributed by atoms with Gasteiger partial charge in [0.2, 0.25) is 0 Å². The van der Waals surface area contributed by atoms with Gasteiger partial charge in [-0.25, -0.2) is 8.78 Å². The van der Waals surface area contributed by atoms with Crippen molar-refractivity contribution in [3.63, 3.8) is 0 Å². The van der Waals surface area contributed by atoms with E-state index in [2.05, 4.69) is 19.2 Å². The molecule has 1 aromatic carbocycles. The van der Waals surface area contributed by atoms with Gasteiger partial charge in [0.1, 0.15) is 11.6 Å². The second-order valence-electron chi connectivity index (χ2n) is 4.97. The molecule has 1 aliphatic rings. The third kappa shape index (κ3) is 2.83. The first kappa shape index (κ1) is 12.5. The highest BCUT2D eigenvalue weighted by molar-refractivity contribution is 5.24. The Hall–Kier alpha value is -0.960. The summed E-state index contributed by atoms with van der Waals surface area (Å²) in [6, 6.07) is 3.92. The molecule has 3 unspecified atom stereocenters. The summed E-state index contributed by atoms with van der Waals surface area (Å²) in [5.41, 5.74) is 0.606. The van der Waals surface area contributed by atoms with E-state index in [0.29, 0.717) is 17.4 Å². The maximum absolute atomic E-state index is 13.8. The van der Waals surface area contributed by atoms with E-state index in [0.717, 1.165) is 25.5 Å². The monoisotopic (exact) mass is 239 g/mol. The zero-order valence-corrected chi connectivity index (χ0v) is 10.3. The van der Waals surface area contributed by atoms with E-state index >= 15 is 0 Å². The fourth-order valence-corrected chi connectivity index (χ4v) is 2.36. The molecule has 3 heteroatoms. The van der Waals surface area contributed by atoms with E-state index in [1.54, 1.807) is 6.07 Å². The summed E-state index contributed by atoms with van der Waals surface area (Å²) in [5, 5.41) is 3.38. The van der Waals surface area contributed by atoms with Gasteiger partial charge in [-0.15, -0.1) is 0 Å². The van der Waals surface area contributed by atoms with E-state index in [1.165, 1.54) is 6.07 Å². The van der Waals surface area contributed by atoms with Crippen molar-refractivity contribution >= 4 is 0 Å². The minimum absolute atomic E-state index is 0.0329. The SMILES string of the molecule is CCCNC(c1ccc(F)cc1F)C1CC1C. The lowest BCUT2D eigenvalue weighted by Crippen LogP contribution is -2.25. The highest BCUT2D eigenvalue weighted by atomic mass is 19.1. The Morgan fingerprint density at radius 2 is 2.12 bits per heavy atom. The lowest BCUT2D eigenvalue weighted by molar-refractivity contribution is 0.440. The van der Waals surface area contributed by atoms with Gasteiger partial charge in [0, 0.05) is 17.7 Å². The van der Waals surface area contributed by atoms with Gasteiger partial charge in [0.15, 0.2) is 0 Å². The molecule has 1 nitrogen and oxygen atoms in total. The fourth-order valence-electron chi connectivity index (χ4n) is 2.36. The standard InChI is InChI=1S/C14H19F2N/c1-3-6-17-14(12-7-9(12)2)11-5-4-10(15)8-13(11)16/h4-5,8-9,12,14,17H,3,6-7H2,1-2H3. The Balaban J connectivity index is 2.19. The molecular formula is C14H19F2N. The van der Waals surface area contributed by atoms with E-state index in [1.807, 2.05) is 0 Å². The molecule has 1 N–H and O–H groups in total. The van der Waals surface area contributed by atoms with Gasteiger partial charge in [0.05, 0.1) is 0 Å². The molecule has 1 fully saturated rings. The summed E-state index contributed by atoms with van der Waals surface area (Å²) in [6.45, 7) is 5.12. The highest BCUT2D eigenvalue weighted by Crippen LogP contribution is 2.47. The molecule has 94 valence electrons. The van der Waals surface area contributed by atoms with Crippen LogP contribution in [0.1, 0.15) is 38.3 Å². The summed E-state index contributed by atoms with van der Waals surface area (Å²) in [5.74, 6) is 0.178.